The highest BCUT2D eigenvalue weighted by molar-refractivity contribution is 5.45. The van der Waals surface area contributed by atoms with Gasteiger partial charge in [0.15, 0.2) is 5.82 Å². The van der Waals surface area contributed by atoms with E-state index in [9.17, 15) is 0 Å². The fourth-order valence-corrected chi connectivity index (χ4v) is 0.936. The molecule has 12 heavy (non-hydrogen) atoms. The molecule has 2 aromatic rings. The Morgan fingerprint density at radius 1 is 1.50 bits per heavy atom. The predicted molar refractivity (Wildman–Crippen MR) is 41.1 cm³/mol. The highest BCUT2D eigenvalue weighted by Gasteiger charge is 2.04. The summed E-state index contributed by atoms with van der Waals surface area (Å²) in [6, 6.07) is 0. The Morgan fingerprint density at radius 3 is 3.00 bits per heavy atom. The molecule has 2 N–H and O–H groups in total. The molecule has 0 amide bonds. The third kappa shape index (κ3) is 1.07. The zero-order chi connectivity index (χ0) is 8.39. The van der Waals surface area contributed by atoms with Gasteiger partial charge in [0.1, 0.15) is 11.5 Å². The molecule has 0 aliphatic rings. The third-order valence-electron chi connectivity index (χ3n) is 1.56. The van der Waals surface area contributed by atoms with Gasteiger partial charge in [0.2, 0.25) is 0 Å². The van der Waals surface area contributed by atoms with Crippen LogP contribution in [0.15, 0.2) is 6.20 Å². The molecular weight excluding hydrogens is 156 g/mol. The molecule has 0 aromatic carbocycles. The van der Waals surface area contributed by atoms with E-state index in [4.69, 9.17) is 0 Å². The van der Waals surface area contributed by atoms with Crippen molar-refractivity contribution in [1.29, 1.82) is 0 Å². The lowest BCUT2D eigenvalue weighted by Crippen LogP contribution is -1.83. The van der Waals surface area contributed by atoms with Crippen LogP contribution in [0.1, 0.15) is 12.7 Å². The smallest absolute Gasteiger partial charge is 0.197 e. The van der Waals surface area contributed by atoms with E-state index in [2.05, 4.69) is 30.6 Å². The zero-order valence-corrected chi connectivity index (χ0v) is 6.57. The quantitative estimate of drug-likeness (QED) is 0.661. The van der Waals surface area contributed by atoms with Gasteiger partial charge in [-0.1, -0.05) is 6.92 Å². The van der Waals surface area contributed by atoms with E-state index < -0.39 is 0 Å². The van der Waals surface area contributed by atoms with Gasteiger partial charge in [-0.25, -0.2) is 10.1 Å². The molecule has 0 aliphatic heterocycles. The molecule has 0 aliphatic carbocycles. The van der Waals surface area contributed by atoms with Crippen LogP contribution < -0.4 is 0 Å². The summed E-state index contributed by atoms with van der Waals surface area (Å²) in [6.07, 6.45) is 2.59. The Balaban J connectivity index is 2.35. The van der Waals surface area contributed by atoms with Crippen molar-refractivity contribution in [1.82, 2.24) is 30.6 Å². The first-order valence-electron chi connectivity index (χ1n) is 3.68. The Morgan fingerprint density at radius 2 is 2.42 bits per heavy atom. The summed E-state index contributed by atoms with van der Waals surface area (Å²) in [4.78, 5) is 7.20. The minimum atomic E-state index is 0.613. The first kappa shape index (κ1) is 6.96. The van der Waals surface area contributed by atoms with Crippen molar-refractivity contribution in [2.24, 2.45) is 0 Å². The van der Waals surface area contributed by atoms with Gasteiger partial charge >= 0.3 is 0 Å². The van der Waals surface area contributed by atoms with Crippen molar-refractivity contribution >= 4 is 0 Å². The summed E-state index contributed by atoms with van der Waals surface area (Å²) in [5.74, 6) is 1.55. The molecule has 0 spiro atoms. The van der Waals surface area contributed by atoms with Crippen LogP contribution >= 0.6 is 0 Å². The maximum Gasteiger partial charge on any atom is 0.197 e. The lowest BCUT2D eigenvalue weighted by atomic mass is 10.4. The van der Waals surface area contributed by atoms with Gasteiger partial charge in [0.25, 0.3) is 0 Å². The maximum absolute atomic E-state index is 4.12. The molecule has 0 radical (unpaired) electrons. The minimum Gasteiger partial charge on any atom is -0.339 e. The number of aromatic nitrogens is 6. The summed E-state index contributed by atoms with van der Waals surface area (Å²) in [5.41, 5.74) is 0.817. The average Bonchev–Trinajstić information content (AvgIpc) is 2.75. The molecule has 62 valence electrons. The molecule has 2 heterocycles. The first-order valence-corrected chi connectivity index (χ1v) is 3.68. The molecular formula is C6H8N6. The number of H-pyrrole nitrogens is 2. The molecule has 6 nitrogen and oxygen atoms in total. The number of nitrogens with one attached hydrogen (secondary N) is 2. The van der Waals surface area contributed by atoms with E-state index in [-0.39, 0.29) is 0 Å². The zero-order valence-electron chi connectivity index (χ0n) is 6.57. The van der Waals surface area contributed by atoms with Crippen LogP contribution in [0.2, 0.25) is 0 Å². The summed E-state index contributed by atoms with van der Waals surface area (Å²) in [7, 11) is 0. The molecule has 2 aromatic heterocycles. The maximum atomic E-state index is 4.12. The van der Waals surface area contributed by atoms with E-state index in [0.29, 0.717) is 5.82 Å². The normalized spacial score (nSPS) is 10.4. The number of aryl methyl sites for hydroxylation is 1. The second-order valence-electron chi connectivity index (χ2n) is 2.35. The van der Waals surface area contributed by atoms with Gasteiger partial charge in [-0.3, -0.25) is 0 Å². The monoisotopic (exact) mass is 164 g/mol. The summed E-state index contributed by atoms with van der Waals surface area (Å²) in [5, 5.41) is 13.3. The molecule has 0 unspecified atom stereocenters. The fourth-order valence-electron chi connectivity index (χ4n) is 0.936. The van der Waals surface area contributed by atoms with Crippen LogP contribution in [-0.2, 0) is 6.42 Å². The topological polar surface area (TPSA) is 83.1 Å². The second kappa shape index (κ2) is 2.72. The molecule has 6 heteroatoms. The molecule has 0 saturated heterocycles. The van der Waals surface area contributed by atoms with E-state index in [1.54, 1.807) is 6.20 Å². The van der Waals surface area contributed by atoms with E-state index >= 15 is 0 Å². The van der Waals surface area contributed by atoms with Crippen molar-refractivity contribution in [2.45, 2.75) is 13.3 Å². The molecule has 0 bridgehead atoms. The van der Waals surface area contributed by atoms with Crippen LogP contribution in [-0.4, -0.2) is 30.6 Å². The summed E-state index contributed by atoms with van der Waals surface area (Å²) < 4.78 is 0. The average molecular weight is 164 g/mol. The number of nitrogens with zero attached hydrogens (tertiary/aromatic N) is 4. The summed E-state index contributed by atoms with van der Waals surface area (Å²) in [6.45, 7) is 2.03. The predicted octanol–water partition coefficient (Wildman–Crippen LogP) is 0.152. The van der Waals surface area contributed by atoms with E-state index in [1.165, 1.54) is 0 Å². The molecule has 2 rings (SSSR count). The lowest BCUT2D eigenvalue weighted by Gasteiger charge is -1.86. The van der Waals surface area contributed by atoms with Crippen LogP contribution in [0.5, 0.6) is 0 Å². The number of imidazole rings is 1. The largest absolute Gasteiger partial charge is 0.339 e. The van der Waals surface area contributed by atoms with E-state index in [0.717, 1.165) is 17.9 Å². The third-order valence-corrected chi connectivity index (χ3v) is 1.56. The Kier molecular flexibility index (Phi) is 1.58. The van der Waals surface area contributed by atoms with Crippen molar-refractivity contribution in [3.05, 3.63) is 12.0 Å². The molecule has 0 fully saturated rings. The fraction of sp³-hybridized carbons (Fsp3) is 0.333. The summed E-state index contributed by atoms with van der Waals surface area (Å²) >= 11 is 0. The van der Waals surface area contributed by atoms with Gasteiger partial charge in [0.05, 0.1) is 6.20 Å². The van der Waals surface area contributed by atoms with Gasteiger partial charge in [-0.2, -0.15) is 0 Å². The van der Waals surface area contributed by atoms with Gasteiger partial charge in [-0.05, 0) is 10.4 Å². The standard InChI is InChI=1S/C6H8N6/c1-2-5-7-3-4(8-5)6-9-11-12-10-6/h3H,2H2,1H3,(H,7,8)(H,9,10,11,12). The number of tetrazole rings is 1. The van der Waals surface area contributed by atoms with Crippen molar-refractivity contribution in [3.63, 3.8) is 0 Å². The molecule has 0 atom stereocenters. The first-order chi connectivity index (χ1) is 5.90. The van der Waals surface area contributed by atoms with Gasteiger partial charge in [-0.15, -0.1) is 5.10 Å². The Bertz CT molecular complexity index is 348. The van der Waals surface area contributed by atoms with Crippen LogP contribution in [0, 0.1) is 0 Å². The lowest BCUT2D eigenvalue weighted by molar-refractivity contribution is 0.881. The second-order valence-corrected chi connectivity index (χ2v) is 2.35. The number of hydrogen-bond acceptors (Lipinski definition) is 4. The number of rotatable bonds is 2. The Hall–Kier alpha value is -1.72. The van der Waals surface area contributed by atoms with Crippen LogP contribution in [0.25, 0.3) is 11.5 Å². The SMILES string of the molecule is CCc1ncc(-c2nnn[nH]2)[nH]1. The van der Waals surface area contributed by atoms with Gasteiger partial charge < -0.3 is 4.98 Å². The van der Waals surface area contributed by atoms with Crippen molar-refractivity contribution in [2.75, 3.05) is 0 Å². The minimum absolute atomic E-state index is 0.613. The van der Waals surface area contributed by atoms with Crippen molar-refractivity contribution < 1.29 is 0 Å². The van der Waals surface area contributed by atoms with E-state index in [1.807, 2.05) is 6.92 Å². The number of aromatic amines is 2. The van der Waals surface area contributed by atoms with Gasteiger partial charge in [0, 0.05) is 6.42 Å². The van der Waals surface area contributed by atoms with Crippen molar-refractivity contribution in [3.8, 4) is 11.5 Å². The highest BCUT2D eigenvalue weighted by Crippen LogP contribution is 2.08. The van der Waals surface area contributed by atoms with Crippen LogP contribution in [0.3, 0.4) is 0 Å². The van der Waals surface area contributed by atoms with Crippen LogP contribution in [0.4, 0.5) is 0 Å². The molecule has 0 saturated carbocycles. The number of hydrogen-bond donors (Lipinski definition) is 2. The highest BCUT2D eigenvalue weighted by atomic mass is 15.5. The Labute approximate surface area is 68.4 Å².